The van der Waals surface area contributed by atoms with Crippen LogP contribution in [0.25, 0.3) is 5.57 Å². The first kappa shape index (κ1) is 19.4. The van der Waals surface area contributed by atoms with E-state index in [9.17, 15) is 0 Å². The lowest BCUT2D eigenvalue weighted by Gasteiger charge is -2.42. The zero-order chi connectivity index (χ0) is 20.0. The number of nitrogens with one attached hydrogen (secondary N) is 1. The number of hydrogen-bond donors (Lipinski definition) is 2. The van der Waals surface area contributed by atoms with Gasteiger partial charge in [-0.3, -0.25) is 5.41 Å². The molecule has 0 atom stereocenters. The fourth-order valence-corrected chi connectivity index (χ4v) is 4.25. The lowest BCUT2D eigenvalue weighted by molar-refractivity contribution is 0.331. The number of amidine groups is 1. The summed E-state index contributed by atoms with van der Waals surface area (Å²) in [5, 5.41) is 7.45. The number of benzene rings is 2. The molecule has 0 heterocycles. The van der Waals surface area contributed by atoms with Crippen LogP contribution in [0.3, 0.4) is 0 Å². The average molecular weight is 361 g/mol. The van der Waals surface area contributed by atoms with Gasteiger partial charge in [0.05, 0.1) is 5.84 Å². The molecule has 0 saturated heterocycles. The van der Waals surface area contributed by atoms with Crippen LogP contribution in [0, 0.1) is 12.3 Å². The molecule has 3 N–H and O–H groups in total. The van der Waals surface area contributed by atoms with Gasteiger partial charge in [0, 0.05) is 6.42 Å². The molecule has 0 fully saturated rings. The van der Waals surface area contributed by atoms with E-state index >= 15 is 0 Å². The van der Waals surface area contributed by atoms with E-state index in [4.69, 9.17) is 11.1 Å². The van der Waals surface area contributed by atoms with Gasteiger partial charge >= 0.3 is 0 Å². The molecule has 2 nitrogen and oxygen atoms in total. The maximum Gasteiger partial charge on any atom is 0.0950 e. The van der Waals surface area contributed by atoms with E-state index in [1.165, 1.54) is 35.1 Å². The SMILES string of the molecule is C=C(c1ccc(CC(=N)N)cc1)c1cc2c(cc1C)C(C)(C)CCC2(C)C. The van der Waals surface area contributed by atoms with Crippen molar-refractivity contribution in [1.82, 2.24) is 0 Å². The molecular formula is C25H32N2. The van der Waals surface area contributed by atoms with Crippen molar-refractivity contribution in [2.24, 2.45) is 5.73 Å². The number of rotatable bonds is 4. The summed E-state index contributed by atoms with van der Waals surface area (Å²) < 4.78 is 0. The number of nitrogens with two attached hydrogens (primary N) is 1. The first-order valence-electron chi connectivity index (χ1n) is 9.78. The van der Waals surface area contributed by atoms with Crippen molar-refractivity contribution in [2.75, 3.05) is 0 Å². The van der Waals surface area contributed by atoms with Gasteiger partial charge in [-0.15, -0.1) is 0 Å². The minimum atomic E-state index is 0.192. The summed E-state index contributed by atoms with van der Waals surface area (Å²) in [4.78, 5) is 0. The Labute approximate surface area is 164 Å². The second-order valence-electron chi connectivity index (χ2n) is 9.36. The zero-order valence-corrected chi connectivity index (χ0v) is 17.4. The summed E-state index contributed by atoms with van der Waals surface area (Å²) in [5.74, 6) is 0.192. The quantitative estimate of drug-likeness (QED) is 0.519. The molecule has 3 rings (SSSR count). The van der Waals surface area contributed by atoms with Crippen molar-refractivity contribution in [3.63, 3.8) is 0 Å². The Bertz CT molecular complexity index is 899. The van der Waals surface area contributed by atoms with Gasteiger partial charge in [-0.25, -0.2) is 0 Å². The number of aryl methyl sites for hydroxylation is 1. The highest BCUT2D eigenvalue weighted by molar-refractivity contribution is 5.82. The summed E-state index contributed by atoms with van der Waals surface area (Å²) in [6.07, 6.45) is 2.93. The second-order valence-corrected chi connectivity index (χ2v) is 9.36. The zero-order valence-electron chi connectivity index (χ0n) is 17.4. The molecule has 0 unspecified atom stereocenters. The molecule has 142 valence electrons. The van der Waals surface area contributed by atoms with Crippen molar-refractivity contribution in [3.05, 3.63) is 76.4 Å². The fourth-order valence-electron chi connectivity index (χ4n) is 4.25. The molecule has 0 spiro atoms. The van der Waals surface area contributed by atoms with Crippen molar-refractivity contribution in [1.29, 1.82) is 5.41 Å². The summed E-state index contributed by atoms with van der Waals surface area (Å²) in [5.41, 5.74) is 14.7. The summed E-state index contributed by atoms with van der Waals surface area (Å²) in [7, 11) is 0. The first-order valence-corrected chi connectivity index (χ1v) is 9.78. The van der Waals surface area contributed by atoms with Crippen molar-refractivity contribution >= 4 is 11.4 Å². The third-order valence-corrected chi connectivity index (χ3v) is 6.22. The van der Waals surface area contributed by atoms with E-state index in [2.05, 4.69) is 65.5 Å². The van der Waals surface area contributed by atoms with Crippen LogP contribution < -0.4 is 5.73 Å². The molecule has 1 aliphatic carbocycles. The molecule has 0 bridgehead atoms. The van der Waals surface area contributed by atoms with Gasteiger partial charge in [-0.05, 0) is 69.5 Å². The molecule has 2 aromatic rings. The van der Waals surface area contributed by atoms with Crippen LogP contribution in [-0.4, -0.2) is 5.84 Å². The van der Waals surface area contributed by atoms with Crippen molar-refractivity contribution < 1.29 is 0 Å². The fraction of sp³-hybridized carbons (Fsp3) is 0.400. The van der Waals surface area contributed by atoms with Gasteiger partial charge in [0.25, 0.3) is 0 Å². The molecule has 0 saturated carbocycles. The highest BCUT2D eigenvalue weighted by Gasteiger charge is 2.37. The molecule has 27 heavy (non-hydrogen) atoms. The molecule has 0 amide bonds. The van der Waals surface area contributed by atoms with Crippen molar-refractivity contribution in [3.8, 4) is 0 Å². The first-order chi connectivity index (χ1) is 12.5. The van der Waals surface area contributed by atoms with E-state index in [1.807, 2.05) is 12.1 Å². The maximum atomic E-state index is 7.45. The smallest absolute Gasteiger partial charge is 0.0950 e. The van der Waals surface area contributed by atoms with Crippen LogP contribution in [0.2, 0.25) is 0 Å². The number of fused-ring (bicyclic) bond motifs is 1. The van der Waals surface area contributed by atoms with Crippen molar-refractivity contribution in [2.45, 2.75) is 64.7 Å². The molecule has 2 heteroatoms. The highest BCUT2D eigenvalue weighted by Crippen LogP contribution is 2.47. The minimum Gasteiger partial charge on any atom is -0.387 e. The summed E-state index contributed by atoms with van der Waals surface area (Å²) in [6.45, 7) is 16.1. The molecular weight excluding hydrogens is 328 g/mol. The van der Waals surface area contributed by atoms with E-state index in [1.54, 1.807) is 0 Å². The Morgan fingerprint density at radius 1 is 1.00 bits per heavy atom. The Morgan fingerprint density at radius 3 is 2.04 bits per heavy atom. The van der Waals surface area contributed by atoms with Gasteiger partial charge in [0.2, 0.25) is 0 Å². The standard InChI is InChI=1S/C25H32N2/c1-16-13-21-22(25(5,6)12-11-24(21,3)4)15-20(16)17(2)19-9-7-18(8-10-19)14-23(26)27/h7-10,13,15H,2,11-12,14H2,1,3-6H3,(H3,26,27). The van der Waals surface area contributed by atoms with E-state index in [-0.39, 0.29) is 16.7 Å². The Morgan fingerprint density at radius 2 is 1.52 bits per heavy atom. The molecule has 1 aliphatic rings. The van der Waals surface area contributed by atoms with Gasteiger partial charge in [0.1, 0.15) is 0 Å². The highest BCUT2D eigenvalue weighted by atomic mass is 14.7. The second kappa shape index (κ2) is 6.67. The normalized spacial score (nSPS) is 17.2. The lowest BCUT2D eigenvalue weighted by atomic mass is 9.62. The molecule has 0 aromatic heterocycles. The van der Waals surface area contributed by atoms with Crippen LogP contribution in [0.15, 0.2) is 43.0 Å². The van der Waals surface area contributed by atoms with E-state index in [0.29, 0.717) is 6.42 Å². The number of hydrogen-bond acceptors (Lipinski definition) is 1. The van der Waals surface area contributed by atoms with E-state index < -0.39 is 0 Å². The molecule has 0 aliphatic heterocycles. The summed E-state index contributed by atoms with van der Waals surface area (Å²) >= 11 is 0. The predicted octanol–water partition coefficient (Wildman–Crippen LogP) is 5.88. The monoisotopic (exact) mass is 360 g/mol. The van der Waals surface area contributed by atoms with Gasteiger partial charge in [-0.2, -0.15) is 0 Å². The maximum absolute atomic E-state index is 7.45. The largest absolute Gasteiger partial charge is 0.387 e. The average Bonchev–Trinajstić information content (AvgIpc) is 2.58. The van der Waals surface area contributed by atoms with Gasteiger partial charge < -0.3 is 5.73 Å². The third-order valence-electron chi connectivity index (χ3n) is 6.22. The topological polar surface area (TPSA) is 49.9 Å². The molecule has 0 radical (unpaired) electrons. The minimum absolute atomic E-state index is 0.192. The van der Waals surface area contributed by atoms with Gasteiger partial charge in [0.15, 0.2) is 0 Å². The third kappa shape index (κ3) is 3.71. The van der Waals surface area contributed by atoms with Crippen LogP contribution in [-0.2, 0) is 17.3 Å². The Balaban J connectivity index is 2.02. The van der Waals surface area contributed by atoms with Crippen LogP contribution >= 0.6 is 0 Å². The summed E-state index contributed by atoms with van der Waals surface area (Å²) in [6, 6.07) is 13.0. The lowest BCUT2D eigenvalue weighted by Crippen LogP contribution is -2.34. The van der Waals surface area contributed by atoms with Crippen LogP contribution in [0.4, 0.5) is 0 Å². The Kier molecular flexibility index (Phi) is 4.80. The predicted molar refractivity (Wildman–Crippen MR) is 117 cm³/mol. The molecule has 2 aromatic carbocycles. The van der Waals surface area contributed by atoms with Gasteiger partial charge in [-0.1, -0.05) is 70.7 Å². The van der Waals surface area contributed by atoms with Crippen LogP contribution in [0.5, 0.6) is 0 Å². The van der Waals surface area contributed by atoms with E-state index in [0.717, 1.165) is 16.7 Å². The van der Waals surface area contributed by atoms with Crippen LogP contribution in [0.1, 0.15) is 73.9 Å². The Hall–Kier alpha value is -2.35.